The second kappa shape index (κ2) is 6.01. The van der Waals surface area contributed by atoms with E-state index in [2.05, 4.69) is 5.32 Å². The summed E-state index contributed by atoms with van der Waals surface area (Å²) >= 11 is 0. The zero-order valence-electron chi connectivity index (χ0n) is 11.8. The number of hydrogen-bond donors (Lipinski definition) is 2. The molecule has 2 amide bonds. The molecule has 2 N–H and O–H groups in total. The number of nitrogens with one attached hydrogen (secondary N) is 1. The van der Waals surface area contributed by atoms with Crippen molar-refractivity contribution in [2.75, 3.05) is 18.5 Å². The highest BCUT2D eigenvalue weighted by molar-refractivity contribution is 5.90. The second-order valence-electron chi connectivity index (χ2n) is 5.24. The molecule has 110 valence electrons. The zero-order chi connectivity index (χ0) is 14.7. The van der Waals surface area contributed by atoms with Gasteiger partial charge in [0, 0.05) is 30.3 Å². The maximum atomic E-state index is 12.3. The Morgan fingerprint density at radius 1 is 1.29 bits per heavy atom. The van der Waals surface area contributed by atoms with Gasteiger partial charge in [0.15, 0.2) is 0 Å². The molecule has 2 heterocycles. The normalized spacial score (nSPS) is 18.0. The van der Waals surface area contributed by atoms with Crippen LogP contribution in [0.5, 0.6) is 0 Å². The number of likely N-dealkylation sites (tertiary alicyclic amines) is 1. The average molecular weight is 285 g/mol. The van der Waals surface area contributed by atoms with Gasteiger partial charge in [0.05, 0.1) is 12.6 Å². The summed E-state index contributed by atoms with van der Waals surface area (Å²) in [5.74, 6) is 0. The van der Waals surface area contributed by atoms with E-state index in [0.717, 1.165) is 24.2 Å². The summed E-state index contributed by atoms with van der Waals surface area (Å²) in [4.78, 5) is 14.0. The summed E-state index contributed by atoms with van der Waals surface area (Å²) in [6.07, 6.45) is 5.74. The number of aliphatic hydroxyl groups excluding tert-OH is 1. The SMILES string of the molecule is O=C(Nc1cccc(-n2cccc2)c1)N1CCC[C@@H]1CO. The van der Waals surface area contributed by atoms with Crippen LogP contribution in [0.2, 0.25) is 0 Å². The van der Waals surface area contributed by atoms with Crippen LogP contribution in [0.4, 0.5) is 10.5 Å². The van der Waals surface area contributed by atoms with Gasteiger partial charge in [0.25, 0.3) is 0 Å². The molecule has 3 rings (SSSR count). The number of carbonyl (C=O) groups is 1. The van der Waals surface area contributed by atoms with Crippen LogP contribution in [0.3, 0.4) is 0 Å². The summed E-state index contributed by atoms with van der Waals surface area (Å²) < 4.78 is 1.99. The Balaban J connectivity index is 1.73. The Morgan fingerprint density at radius 3 is 2.86 bits per heavy atom. The van der Waals surface area contributed by atoms with Crippen molar-refractivity contribution in [1.82, 2.24) is 9.47 Å². The Bertz CT molecular complexity index is 610. The third kappa shape index (κ3) is 2.92. The third-order valence-electron chi connectivity index (χ3n) is 3.85. The molecule has 0 aliphatic carbocycles. The minimum atomic E-state index is -0.142. The monoisotopic (exact) mass is 285 g/mol. The molecule has 1 saturated heterocycles. The molecule has 1 fully saturated rings. The van der Waals surface area contributed by atoms with E-state index < -0.39 is 0 Å². The molecule has 2 aromatic rings. The molecule has 5 heteroatoms. The number of nitrogens with zero attached hydrogens (tertiary/aromatic N) is 2. The molecule has 5 nitrogen and oxygen atoms in total. The van der Waals surface area contributed by atoms with E-state index in [9.17, 15) is 9.90 Å². The first kappa shape index (κ1) is 13.7. The van der Waals surface area contributed by atoms with E-state index in [4.69, 9.17) is 0 Å². The molecule has 1 aliphatic rings. The minimum absolute atomic E-state index is 0.0246. The van der Waals surface area contributed by atoms with Crippen LogP contribution < -0.4 is 5.32 Å². The molecule has 0 saturated carbocycles. The van der Waals surface area contributed by atoms with Crippen LogP contribution >= 0.6 is 0 Å². The lowest BCUT2D eigenvalue weighted by molar-refractivity contribution is 0.166. The third-order valence-corrected chi connectivity index (χ3v) is 3.85. The van der Waals surface area contributed by atoms with Gasteiger partial charge in [-0.3, -0.25) is 0 Å². The number of aliphatic hydroxyl groups is 1. The lowest BCUT2D eigenvalue weighted by Gasteiger charge is -2.23. The molecule has 1 aromatic heterocycles. The molecule has 1 atom stereocenters. The van der Waals surface area contributed by atoms with Crippen LogP contribution in [0.15, 0.2) is 48.8 Å². The molecule has 0 bridgehead atoms. The molecule has 1 aliphatic heterocycles. The van der Waals surface area contributed by atoms with E-state index in [1.54, 1.807) is 4.90 Å². The van der Waals surface area contributed by atoms with Crippen LogP contribution in [0.1, 0.15) is 12.8 Å². The predicted molar refractivity (Wildman–Crippen MR) is 81.6 cm³/mol. The molecular weight excluding hydrogens is 266 g/mol. The summed E-state index contributed by atoms with van der Waals surface area (Å²) in [6, 6.07) is 11.4. The van der Waals surface area contributed by atoms with Gasteiger partial charge in [-0.1, -0.05) is 6.07 Å². The van der Waals surface area contributed by atoms with Crippen molar-refractivity contribution < 1.29 is 9.90 Å². The topological polar surface area (TPSA) is 57.5 Å². The van der Waals surface area contributed by atoms with Gasteiger partial charge in [0.2, 0.25) is 0 Å². The van der Waals surface area contributed by atoms with Gasteiger partial charge >= 0.3 is 6.03 Å². The Hall–Kier alpha value is -2.27. The fraction of sp³-hybridized carbons (Fsp3) is 0.312. The van der Waals surface area contributed by atoms with Gasteiger partial charge in [-0.05, 0) is 43.2 Å². The molecule has 0 radical (unpaired) electrons. The van der Waals surface area contributed by atoms with Crippen molar-refractivity contribution >= 4 is 11.7 Å². The highest BCUT2D eigenvalue weighted by atomic mass is 16.3. The molecular formula is C16H19N3O2. The zero-order valence-corrected chi connectivity index (χ0v) is 11.8. The van der Waals surface area contributed by atoms with E-state index in [0.29, 0.717) is 6.54 Å². The van der Waals surface area contributed by atoms with Crippen LogP contribution in [0.25, 0.3) is 5.69 Å². The first-order chi connectivity index (χ1) is 10.3. The fourth-order valence-electron chi connectivity index (χ4n) is 2.74. The van der Waals surface area contributed by atoms with Gasteiger partial charge in [-0.15, -0.1) is 0 Å². The lowest BCUT2D eigenvalue weighted by atomic mass is 10.2. The van der Waals surface area contributed by atoms with Crippen LogP contribution in [0, 0.1) is 0 Å². The van der Waals surface area contributed by atoms with Gasteiger partial charge in [0.1, 0.15) is 0 Å². The largest absolute Gasteiger partial charge is 0.394 e. The summed E-state index contributed by atoms with van der Waals surface area (Å²) in [5, 5.41) is 12.2. The van der Waals surface area contributed by atoms with Crippen LogP contribution in [-0.4, -0.2) is 39.8 Å². The number of anilines is 1. The number of hydrogen-bond acceptors (Lipinski definition) is 2. The molecule has 0 spiro atoms. The molecule has 1 aromatic carbocycles. The number of aromatic nitrogens is 1. The van der Waals surface area contributed by atoms with Crippen molar-refractivity contribution in [3.8, 4) is 5.69 Å². The molecule has 0 unspecified atom stereocenters. The van der Waals surface area contributed by atoms with E-state index in [1.807, 2.05) is 53.4 Å². The van der Waals surface area contributed by atoms with Crippen molar-refractivity contribution in [2.24, 2.45) is 0 Å². The van der Waals surface area contributed by atoms with Crippen LogP contribution in [-0.2, 0) is 0 Å². The van der Waals surface area contributed by atoms with Crippen molar-refractivity contribution in [3.05, 3.63) is 48.8 Å². The first-order valence-electron chi connectivity index (χ1n) is 7.20. The second-order valence-corrected chi connectivity index (χ2v) is 5.24. The van der Waals surface area contributed by atoms with E-state index >= 15 is 0 Å². The fourth-order valence-corrected chi connectivity index (χ4v) is 2.74. The summed E-state index contributed by atoms with van der Waals surface area (Å²) in [5.41, 5.74) is 1.76. The first-order valence-corrected chi connectivity index (χ1v) is 7.20. The van der Waals surface area contributed by atoms with Crippen molar-refractivity contribution in [3.63, 3.8) is 0 Å². The van der Waals surface area contributed by atoms with Gasteiger partial charge in [-0.2, -0.15) is 0 Å². The highest BCUT2D eigenvalue weighted by Gasteiger charge is 2.27. The predicted octanol–water partition coefficient (Wildman–Crippen LogP) is 2.47. The number of benzene rings is 1. The van der Waals surface area contributed by atoms with E-state index in [-0.39, 0.29) is 18.7 Å². The quantitative estimate of drug-likeness (QED) is 0.910. The molecule has 21 heavy (non-hydrogen) atoms. The smallest absolute Gasteiger partial charge is 0.322 e. The Labute approximate surface area is 123 Å². The number of urea groups is 1. The number of carbonyl (C=O) groups excluding carboxylic acids is 1. The maximum absolute atomic E-state index is 12.3. The summed E-state index contributed by atoms with van der Waals surface area (Å²) in [6.45, 7) is 0.727. The maximum Gasteiger partial charge on any atom is 0.322 e. The van der Waals surface area contributed by atoms with Gasteiger partial charge < -0.3 is 19.9 Å². The Morgan fingerprint density at radius 2 is 2.10 bits per heavy atom. The lowest BCUT2D eigenvalue weighted by Crippen LogP contribution is -2.40. The number of amides is 2. The Kier molecular flexibility index (Phi) is 3.92. The van der Waals surface area contributed by atoms with Gasteiger partial charge in [-0.25, -0.2) is 4.79 Å². The summed E-state index contributed by atoms with van der Waals surface area (Å²) in [7, 11) is 0. The average Bonchev–Trinajstić information content (AvgIpc) is 3.18. The van der Waals surface area contributed by atoms with Crippen molar-refractivity contribution in [1.29, 1.82) is 0 Å². The minimum Gasteiger partial charge on any atom is -0.394 e. The highest BCUT2D eigenvalue weighted by Crippen LogP contribution is 2.20. The standard InChI is InChI=1S/C16H19N3O2/c20-12-15-7-4-10-19(15)16(21)17-13-5-3-6-14(11-13)18-8-1-2-9-18/h1-3,5-6,8-9,11,15,20H,4,7,10,12H2,(H,17,21)/t15-/m1/s1. The van der Waals surface area contributed by atoms with E-state index in [1.165, 1.54) is 0 Å². The van der Waals surface area contributed by atoms with Crippen molar-refractivity contribution in [2.45, 2.75) is 18.9 Å². The number of rotatable bonds is 3.